The van der Waals surface area contributed by atoms with Crippen LogP contribution in [0.3, 0.4) is 0 Å². The van der Waals surface area contributed by atoms with Gasteiger partial charge in [0, 0.05) is 27.7 Å². The highest BCUT2D eigenvalue weighted by atomic mass is 16.7. The molecule has 0 N–H and O–H groups in total. The van der Waals surface area contributed by atoms with E-state index in [0.717, 1.165) is 27.7 Å². The number of nitrogens with zero attached hydrogens (tertiary/aromatic N) is 1. The Morgan fingerprint density at radius 2 is 1.33 bits per heavy atom. The van der Waals surface area contributed by atoms with Crippen molar-refractivity contribution in [2.45, 2.75) is 58.4 Å². The van der Waals surface area contributed by atoms with Crippen molar-refractivity contribution in [2.75, 3.05) is 33.8 Å². The first kappa shape index (κ1) is 27.9. The third kappa shape index (κ3) is 9.46. The van der Waals surface area contributed by atoms with Gasteiger partial charge >= 0.3 is 29.8 Å². The first-order valence-electron chi connectivity index (χ1n) is 10.0. The average molecular weight is 472 g/mol. The summed E-state index contributed by atoms with van der Waals surface area (Å²) in [6, 6.07) is 0. The van der Waals surface area contributed by atoms with E-state index in [4.69, 9.17) is 34.8 Å². The van der Waals surface area contributed by atoms with Crippen molar-refractivity contribution in [1.82, 2.24) is 0 Å². The maximum Gasteiger partial charge on any atom is 0.364 e. The van der Waals surface area contributed by atoms with E-state index in [9.17, 15) is 24.0 Å². The van der Waals surface area contributed by atoms with Gasteiger partial charge in [-0.05, 0) is 5.92 Å². The summed E-state index contributed by atoms with van der Waals surface area (Å²) in [6.07, 6.45) is -1.69. The number of rotatable bonds is 9. The number of carbonyl (C=O) groups is 5. The van der Waals surface area contributed by atoms with E-state index in [2.05, 4.69) is 5.92 Å². The minimum Gasteiger partial charge on any atom is -0.463 e. The van der Waals surface area contributed by atoms with Crippen molar-refractivity contribution in [3.8, 4) is 12.3 Å². The predicted molar refractivity (Wildman–Crippen MR) is 109 cm³/mol. The molecule has 1 aliphatic heterocycles. The van der Waals surface area contributed by atoms with Crippen LogP contribution in [0.4, 0.5) is 0 Å². The summed E-state index contributed by atoms with van der Waals surface area (Å²) < 4.78 is 31.9. The summed E-state index contributed by atoms with van der Waals surface area (Å²) in [5.74, 6) is -1.32. The Hall–Kier alpha value is -3.17. The van der Waals surface area contributed by atoms with Crippen LogP contribution in [0.1, 0.15) is 27.7 Å². The van der Waals surface area contributed by atoms with E-state index in [1.807, 2.05) is 0 Å². The molecule has 0 aliphatic carbocycles. The average Bonchev–Trinajstić information content (AvgIpc) is 2.63. The van der Waals surface area contributed by atoms with Gasteiger partial charge in [0.05, 0.1) is 14.1 Å². The molecular formula is C21H30NO11+. The summed E-state index contributed by atoms with van der Waals surface area (Å²) in [4.78, 5) is 59.1. The summed E-state index contributed by atoms with van der Waals surface area (Å²) in [5, 5.41) is 0. The third-order valence-electron chi connectivity index (χ3n) is 4.27. The number of likely N-dealkylation sites (N-methyl/N-ethyl adjacent to an activating group) is 1. The molecule has 0 amide bonds. The molecule has 1 heterocycles. The SMILES string of the molecule is C#CC[N+](C)(C)CC(=O)OC1O[C@H](COC(C)=O)[C@@H](OC(C)=O)[C@H](OC(C)=O)[C@H]1OC(C)=O. The normalized spacial score (nSPS) is 24.6. The van der Waals surface area contributed by atoms with Crippen LogP contribution in [0.15, 0.2) is 0 Å². The summed E-state index contributed by atoms with van der Waals surface area (Å²) in [7, 11) is 3.41. The Kier molecular flexibility index (Phi) is 10.3. The molecule has 0 saturated carbocycles. The van der Waals surface area contributed by atoms with Crippen LogP contribution in [0.2, 0.25) is 0 Å². The standard InChI is InChI=1S/C21H30NO11/c1-8-9-22(6,7)10-17(27)33-21-20(31-15(5)26)19(30-14(4)25)18(29-13(3)24)16(32-21)11-28-12(2)23/h1,16,18-21H,9-11H2,2-7H3/q+1/t16-,18-,19+,20-,21?/m1/s1. The number of esters is 5. The Labute approximate surface area is 191 Å². The Balaban J connectivity index is 3.32. The van der Waals surface area contributed by atoms with Gasteiger partial charge < -0.3 is 32.9 Å². The van der Waals surface area contributed by atoms with Crippen molar-refractivity contribution in [3.63, 3.8) is 0 Å². The van der Waals surface area contributed by atoms with Crippen molar-refractivity contribution in [2.24, 2.45) is 0 Å². The molecule has 1 fully saturated rings. The zero-order valence-electron chi connectivity index (χ0n) is 19.5. The van der Waals surface area contributed by atoms with E-state index in [1.54, 1.807) is 14.1 Å². The summed E-state index contributed by atoms with van der Waals surface area (Å²) in [6.45, 7) is 4.08. The Bertz CT molecular complexity index is 801. The second kappa shape index (κ2) is 12.2. The Morgan fingerprint density at radius 3 is 1.82 bits per heavy atom. The largest absolute Gasteiger partial charge is 0.463 e. The minimum absolute atomic E-state index is 0.0978. The molecule has 0 radical (unpaired) electrons. The monoisotopic (exact) mass is 472 g/mol. The van der Waals surface area contributed by atoms with E-state index in [1.165, 1.54) is 0 Å². The fraction of sp³-hybridized carbons (Fsp3) is 0.667. The molecule has 12 heteroatoms. The minimum atomic E-state index is -1.57. The van der Waals surface area contributed by atoms with Gasteiger partial charge in [0.25, 0.3) is 0 Å². The zero-order chi connectivity index (χ0) is 25.3. The van der Waals surface area contributed by atoms with Gasteiger partial charge in [0.2, 0.25) is 12.4 Å². The molecule has 1 saturated heterocycles. The zero-order valence-corrected chi connectivity index (χ0v) is 19.5. The lowest BCUT2D eigenvalue weighted by Gasteiger charge is -2.43. The smallest absolute Gasteiger partial charge is 0.364 e. The number of hydrogen-bond donors (Lipinski definition) is 0. The van der Waals surface area contributed by atoms with Crippen LogP contribution in [0.25, 0.3) is 0 Å². The maximum atomic E-state index is 12.6. The molecule has 0 aromatic rings. The van der Waals surface area contributed by atoms with Gasteiger partial charge in [-0.1, -0.05) is 0 Å². The molecule has 5 atom stereocenters. The van der Waals surface area contributed by atoms with E-state index in [0.29, 0.717) is 0 Å². The summed E-state index contributed by atoms with van der Waals surface area (Å²) >= 11 is 0. The molecule has 1 aliphatic rings. The van der Waals surface area contributed by atoms with Gasteiger partial charge in [-0.25, -0.2) is 4.79 Å². The van der Waals surface area contributed by atoms with Crippen LogP contribution in [-0.2, 0) is 52.4 Å². The first-order valence-corrected chi connectivity index (χ1v) is 10.0. The molecule has 0 bridgehead atoms. The van der Waals surface area contributed by atoms with E-state index in [-0.39, 0.29) is 17.6 Å². The van der Waals surface area contributed by atoms with Crippen molar-refractivity contribution < 1.29 is 56.9 Å². The van der Waals surface area contributed by atoms with Gasteiger partial charge in [-0.15, -0.1) is 6.42 Å². The lowest BCUT2D eigenvalue weighted by molar-refractivity contribution is -0.875. The second-order valence-corrected chi connectivity index (χ2v) is 8.01. The van der Waals surface area contributed by atoms with Crippen molar-refractivity contribution in [1.29, 1.82) is 0 Å². The maximum absolute atomic E-state index is 12.6. The van der Waals surface area contributed by atoms with Gasteiger partial charge in [0.15, 0.2) is 18.8 Å². The molecule has 1 rings (SSSR count). The van der Waals surface area contributed by atoms with Crippen molar-refractivity contribution >= 4 is 29.8 Å². The molecule has 0 aromatic carbocycles. The van der Waals surface area contributed by atoms with E-state index < -0.39 is 67.2 Å². The molecule has 184 valence electrons. The second-order valence-electron chi connectivity index (χ2n) is 8.01. The van der Waals surface area contributed by atoms with Crippen molar-refractivity contribution in [3.05, 3.63) is 0 Å². The molecule has 1 unspecified atom stereocenters. The highest BCUT2D eigenvalue weighted by Crippen LogP contribution is 2.30. The van der Waals surface area contributed by atoms with Crippen LogP contribution in [0.5, 0.6) is 0 Å². The molecule has 0 aromatic heterocycles. The number of ether oxygens (including phenoxy) is 6. The van der Waals surface area contributed by atoms with Crippen LogP contribution >= 0.6 is 0 Å². The van der Waals surface area contributed by atoms with Gasteiger partial charge in [-0.3, -0.25) is 19.2 Å². The molecule has 0 spiro atoms. The number of terminal acetylenes is 1. The third-order valence-corrected chi connectivity index (χ3v) is 4.27. The van der Waals surface area contributed by atoms with Crippen LogP contribution in [0, 0.1) is 12.3 Å². The lowest BCUT2D eigenvalue weighted by Crippen LogP contribution is -2.63. The lowest BCUT2D eigenvalue weighted by atomic mass is 9.98. The number of carbonyl (C=O) groups excluding carboxylic acids is 5. The quantitative estimate of drug-likeness (QED) is 0.182. The van der Waals surface area contributed by atoms with Gasteiger partial charge in [0.1, 0.15) is 19.3 Å². The fourth-order valence-electron chi connectivity index (χ4n) is 3.10. The molecule has 33 heavy (non-hydrogen) atoms. The van der Waals surface area contributed by atoms with E-state index >= 15 is 0 Å². The van der Waals surface area contributed by atoms with Crippen LogP contribution in [-0.4, -0.2) is 98.8 Å². The molecular weight excluding hydrogens is 442 g/mol. The summed E-state index contributed by atoms with van der Waals surface area (Å²) in [5.41, 5.74) is 0. The fourth-order valence-corrected chi connectivity index (χ4v) is 3.10. The Morgan fingerprint density at radius 1 is 0.818 bits per heavy atom. The van der Waals surface area contributed by atoms with Gasteiger partial charge in [-0.2, -0.15) is 0 Å². The van der Waals surface area contributed by atoms with Crippen LogP contribution < -0.4 is 0 Å². The predicted octanol–water partition coefficient (Wildman–Crippen LogP) is -0.678. The highest BCUT2D eigenvalue weighted by molar-refractivity contribution is 5.71. The highest BCUT2D eigenvalue weighted by Gasteiger charge is 2.54. The number of hydrogen-bond acceptors (Lipinski definition) is 11. The molecule has 12 nitrogen and oxygen atoms in total. The number of quaternary nitrogens is 1. The topological polar surface area (TPSA) is 141 Å². The first-order chi connectivity index (χ1) is 15.3.